The molecule has 0 heterocycles. The summed E-state index contributed by atoms with van der Waals surface area (Å²) in [6.07, 6.45) is 3.34. The molecule has 0 radical (unpaired) electrons. The summed E-state index contributed by atoms with van der Waals surface area (Å²) >= 11 is 1.84. The van der Waals surface area contributed by atoms with E-state index in [2.05, 4.69) is 82.5 Å². The van der Waals surface area contributed by atoms with Crippen molar-refractivity contribution in [3.05, 3.63) is 82.4 Å². The smallest absolute Gasteiger partial charge is 0.303 e. The third-order valence-corrected chi connectivity index (χ3v) is 8.35. The minimum absolute atomic E-state index is 0.0619. The Bertz CT molecular complexity index is 1230. The number of rotatable bonds is 11. The third-order valence-electron chi connectivity index (χ3n) is 7.66. The first-order valence-corrected chi connectivity index (χ1v) is 14.5. The molecule has 0 aliphatic heterocycles. The lowest BCUT2D eigenvalue weighted by molar-refractivity contribution is -0.137. The lowest BCUT2D eigenvalue weighted by Crippen LogP contribution is -2.11. The summed E-state index contributed by atoms with van der Waals surface area (Å²) in [5, 5.41) is 9.34. The Hall–Kier alpha value is -2.92. The van der Waals surface area contributed by atoms with Gasteiger partial charge in [-0.15, -0.1) is 0 Å². The van der Waals surface area contributed by atoms with Gasteiger partial charge in [-0.3, -0.25) is 4.79 Å². The van der Waals surface area contributed by atoms with Gasteiger partial charge >= 0.3 is 5.97 Å². The summed E-state index contributed by atoms with van der Waals surface area (Å²) in [7, 11) is 0. The van der Waals surface area contributed by atoms with Gasteiger partial charge in [0.25, 0.3) is 0 Å². The highest BCUT2D eigenvalue weighted by Crippen LogP contribution is 2.48. The highest BCUT2D eigenvalue weighted by Gasteiger charge is 2.36. The van der Waals surface area contributed by atoms with Crippen molar-refractivity contribution in [2.24, 2.45) is 5.92 Å². The van der Waals surface area contributed by atoms with Crippen LogP contribution in [0.3, 0.4) is 0 Å². The molecule has 0 fully saturated rings. The van der Waals surface area contributed by atoms with Crippen LogP contribution >= 0.6 is 11.8 Å². The van der Waals surface area contributed by atoms with E-state index in [1.165, 1.54) is 27.8 Å². The van der Waals surface area contributed by atoms with Crippen LogP contribution in [0.4, 0.5) is 0 Å². The van der Waals surface area contributed by atoms with Gasteiger partial charge in [-0.05, 0) is 119 Å². The topological polar surface area (TPSA) is 55.8 Å². The lowest BCUT2D eigenvalue weighted by atomic mass is 9.87. The summed E-state index contributed by atoms with van der Waals surface area (Å²) in [4.78, 5) is 11.4. The first-order valence-electron chi connectivity index (χ1n) is 13.1. The minimum Gasteiger partial charge on any atom is -0.494 e. The normalized spacial score (nSPS) is 18.5. The Morgan fingerprint density at radius 1 is 0.946 bits per heavy atom. The molecule has 4 rings (SSSR count). The molecule has 0 saturated carbocycles. The van der Waals surface area contributed by atoms with Crippen LogP contribution in [0.15, 0.2) is 54.6 Å². The average Bonchev–Trinajstić information content (AvgIpc) is 3.09. The number of fused-ring (bicyclic) bond motifs is 1. The number of carboxylic acid groups (broad SMARTS) is 1. The Kier molecular flexibility index (Phi) is 8.86. The quantitative estimate of drug-likeness (QED) is 0.261. The number of carboxylic acids is 1. The molecule has 3 atom stereocenters. The van der Waals surface area contributed by atoms with E-state index in [0.29, 0.717) is 18.4 Å². The molecule has 4 nitrogen and oxygen atoms in total. The molecule has 2 unspecified atom stereocenters. The molecule has 1 N–H and O–H groups in total. The van der Waals surface area contributed by atoms with Gasteiger partial charge in [-0.2, -0.15) is 11.8 Å². The van der Waals surface area contributed by atoms with Crippen LogP contribution in [-0.4, -0.2) is 29.7 Å². The van der Waals surface area contributed by atoms with E-state index in [0.717, 1.165) is 41.4 Å². The number of aryl methyl sites for hydroxylation is 2. The third kappa shape index (κ3) is 6.32. The maximum absolute atomic E-state index is 11.4. The molecular weight excluding hydrogens is 480 g/mol. The van der Waals surface area contributed by atoms with Gasteiger partial charge in [0.15, 0.2) is 0 Å². The number of aliphatic carboxylic acids is 1. The van der Waals surface area contributed by atoms with Crippen LogP contribution < -0.4 is 9.47 Å². The average molecular weight is 519 g/mol. The van der Waals surface area contributed by atoms with Crippen molar-refractivity contribution in [2.75, 3.05) is 18.6 Å². The number of hydrogen-bond acceptors (Lipinski definition) is 4. The van der Waals surface area contributed by atoms with Crippen LogP contribution in [0.2, 0.25) is 0 Å². The van der Waals surface area contributed by atoms with E-state index >= 15 is 0 Å². The van der Waals surface area contributed by atoms with E-state index in [9.17, 15) is 9.90 Å². The maximum Gasteiger partial charge on any atom is 0.303 e. The zero-order valence-electron chi connectivity index (χ0n) is 22.5. The molecule has 196 valence electrons. The van der Waals surface area contributed by atoms with Gasteiger partial charge in [0.1, 0.15) is 18.1 Å². The van der Waals surface area contributed by atoms with Crippen LogP contribution in [-0.2, 0) is 11.4 Å². The first-order chi connectivity index (χ1) is 17.8. The Balaban J connectivity index is 1.47. The number of benzene rings is 3. The number of ether oxygens (including phenoxy) is 2. The predicted molar refractivity (Wildman–Crippen MR) is 153 cm³/mol. The fourth-order valence-corrected chi connectivity index (χ4v) is 6.02. The number of thioether (sulfide) groups is 1. The Morgan fingerprint density at radius 2 is 1.70 bits per heavy atom. The zero-order chi connectivity index (χ0) is 26.5. The predicted octanol–water partition coefficient (Wildman–Crippen LogP) is 7.99. The Morgan fingerprint density at radius 3 is 2.41 bits per heavy atom. The van der Waals surface area contributed by atoms with Crippen molar-refractivity contribution >= 4 is 17.7 Å². The molecule has 0 spiro atoms. The van der Waals surface area contributed by atoms with Gasteiger partial charge in [-0.1, -0.05) is 38.1 Å². The van der Waals surface area contributed by atoms with Crippen LogP contribution in [0.5, 0.6) is 11.5 Å². The molecule has 0 amide bonds. The summed E-state index contributed by atoms with van der Waals surface area (Å²) in [6, 6.07) is 19.0. The van der Waals surface area contributed by atoms with Gasteiger partial charge < -0.3 is 14.6 Å². The summed E-state index contributed by atoms with van der Waals surface area (Å²) in [6.45, 7) is 9.84. The van der Waals surface area contributed by atoms with E-state index in [1.54, 1.807) is 0 Å². The van der Waals surface area contributed by atoms with E-state index < -0.39 is 5.97 Å². The van der Waals surface area contributed by atoms with Crippen molar-refractivity contribution in [3.8, 4) is 22.6 Å². The van der Waals surface area contributed by atoms with E-state index in [-0.39, 0.29) is 12.3 Å². The molecule has 3 aromatic rings. The second kappa shape index (κ2) is 12.1. The second-order valence-electron chi connectivity index (χ2n) is 10.3. The number of carbonyl (C=O) groups is 1. The molecular formula is C32H38O4S. The molecule has 0 bridgehead atoms. The van der Waals surface area contributed by atoms with Gasteiger partial charge in [0.2, 0.25) is 0 Å². The van der Waals surface area contributed by atoms with Crippen LogP contribution in [0.1, 0.15) is 66.3 Å². The van der Waals surface area contributed by atoms with Gasteiger partial charge in [0, 0.05) is 0 Å². The van der Waals surface area contributed by atoms with Crippen molar-refractivity contribution < 1.29 is 19.4 Å². The summed E-state index contributed by atoms with van der Waals surface area (Å²) < 4.78 is 12.2. The monoisotopic (exact) mass is 518 g/mol. The molecule has 3 aromatic carbocycles. The van der Waals surface area contributed by atoms with Gasteiger partial charge in [-0.25, -0.2) is 0 Å². The van der Waals surface area contributed by atoms with E-state index in [4.69, 9.17) is 9.47 Å². The van der Waals surface area contributed by atoms with E-state index in [1.807, 2.05) is 17.8 Å². The molecule has 37 heavy (non-hydrogen) atoms. The fourth-order valence-electron chi connectivity index (χ4n) is 5.61. The first kappa shape index (κ1) is 27.1. The molecule has 0 saturated heterocycles. The second-order valence-corrected chi connectivity index (χ2v) is 11.2. The maximum atomic E-state index is 11.4. The minimum atomic E-state index is -0.740. The highest BCUT2D eigenvalue weighted by atomic mass is 32.2. The van der Waals surface area contributed by atoms with Crippen molar-refractivity contribution in [1.29, 1.82) is 0 Å². The van der Waals surface area contributed by atoms with Gasteiger partial charge in [0.05, 0.1) is 13.0 Å². The van der Waals surface area contributed by atoms with Crippen molar-refractivity contribution in [2.45, 2.75) is 59.0 Å². The van der Waals surface area contributed by atoms with Crippen LogP contribution in [0.25, 0.3) is 11.1 Å². The zero-order valence-corrected chi connectivity index (χ0v) is 23.4. The summed E-state index contributed by atoms with van der Waals surface area (Å²) in [5.41, 5.74) is 8.30. The van der Waals surface area contributed by atoms with Crippen LogP contribution in [0, 0.1) is 19.8 Å². The molecule has 0 aromatic heterocycles. The number of hydrogen-bond donors (Lipinski definition) is 1. The van der Waals surface area contributed by atoms with Crippen molar-refractivity contribution in [1.82, 2.24) is 0 Å². The van der Waals surface area contributed by atoms with Crippen molar-refractivity contribution in [3.63, 3.8) is 0 Å². The standard InChI is InChI=1S/C32H38O4S/c1-20-14-27(35-12-7-13-37-5)15-21(2)32(20)25-9-6-8-24(16-25)19-36-26-10-11-28-29(17-26)22(3)23(4)30(28)18-31(33)34/h6,8-11,14-17,22-23,30H,7,12-13,18-19H2,1-5H3,(H,33,34)/t22?,23-,30?/m1/s1. The molecule has 5 heteroatoms. The molecule has 1 aliphatic carbocycles. The molecule has 1 aliphatic rings. The largest absolute Gasteiger partial charge is 0.494 e. The SMILES string of the molecule is CSCCCOc1cc(C)c(-c2cccc(COc3ccc4c(c3)C(C)[C@@H](C)C4CC(=O)O)c2)c(C)c1. The summed E-state index contributed by atoms with van der Waals surface area (Å²) in [5.74, 6) is 2.81. The lowest BCUT2D eigenvalue weighted by Gasteiger charge is -2.16. The Labute approximate surface area is 225 Å². The highest BCUT2D eigenvalue weighted by molar-refractivity contribution is 7.98. The fraction of sp³-hybridized carbons (Fsp3) is 0.406.